The van der Waals surface area contributed by atoms with Crippen molar-refractivity contribution < 1.29 is 4.74 Å². The van der Waals surface area contributed by atoms with Crippen LogP contribution in [0.4, 0.5) is 5.95 Å². The van der Waals surface area contributed by atoms with Crippen molar-refractivity contribution in [1.82, 2.24) is 9.97 Å². The molecular formula is C15H25N3O. The van der Waals surface area contributed by atoms with E-state index in [2.05, 4.69) is 22.2 Å². The van der Waals surface area contributed by atoms with Gasteiger partial charge in [0.15, 0.2) is 0 Å². The zero-order chi connectivity index (χ0) is 13.7. The minimum Gasteiger partial charge on any atom is -0.475 e. The molecular weight excluding hydrogens is 238 g/mol. The molecule has 0 aromatic carbocycles. The number of rotatable bonds is 5. The highest BCUT2D eigenvalue weighted by Crippen LogP contribution is 2.28. The summed E-state index contributed by atoms with van der Waals surface area (Å²) in [5.74, 6) is 2.25. The fourth-order valence-electron chi connectivity index (χ4n) is 2.62. The first-order chi connectivity index (χ1) is 9.17. The summed E-state index contributed by atoms with van der Waals surface area (Å²) < 4.78 is 5.59. The molecule has 0 radical (unpaired) electrons. The Labute approximate surface area is 116 Å². The van der Waals surface area contributed by atoms with Crippen molar-refractivity contribution in [2.75, 3.05) is 5.32 Å². The lowest BCUT2D eigenvalue weighted by Gasteiger charge is -2.28. The molecule has 2 rings (SSSR count). The summed E-state index contributed by atoms with van der Waals surface area (Å²) in [5, 5.41) is 3.44. The summed E-state index contributed by atoms with van der Waals surface area (Å²) in [7, 11) is 0. The maximum Gasteiger partial charge on any atom is 0.226 e. The topological polar surface area (TPSA) is 47.0 Å². The van der Waals surface area contributed by atoms with E-state index < -0.39 is 0 Å². The number of hydrogen-bond acceptors (Lipinski definition) is 4. The second-order valence-corrected chi connectivity index (χ2v) is 5.66. The number of anilines is 1. The zero-order valence-corrected chi connectivity index (χ0v) is 12.2. The molecule has 1 N–H and O–H groups in total. The number of nitrogens with one attached hydrogen (secondary N) is 1. The Bertz CT molecular complexity index is 387. The van der Waals surface area contributed by atoms with E-state index in [9.17, 15) is 0 Å². The Morgan fingerprint density at radius 3 is 2.68 bits per heavy atom. The third kappa shape index (κ3) is 4.37. The van der Waals surface area contributed by atoms with Crippen molar-refractivity contribution in [2.24, 2.45) is 5.92 Å². The molecule has 1 heterocycles. The Morgan fingerprint density at radius 2 is 2.05 bits per heavy atom. The molecule has 1 aromatic rings. The van der Waals surface area contributed by atoms with Crippen LogP contribution in [0, 0.1) is 5.92 Å². The second kappa shape index (κ2) is 6.73. The van der Waals surface area contributed by atoms with E-state index in [0.717, 1.165) is 5.92 Å². The molecule has 1 fully saturated rings. The van der Waals surface area contributed by atoms with E-state index in [4.69, 9.17) is 4.74 Å². The lowest BCUT2D eigenvalue weighted by molar-refractivity contribution is 0.232. The van der Waals surface area contributed by atoms with Gasteiger partial charge in [-0.15, -0.1) is 0 Å². The Morgan fingerprint density at radius 1 is 1.32 bits per heavy atom. The standard InChI is InChI=1S/C15H25N3O/c1-4-12-5-7-13(8-6-12)17-15-16-10-9-14(18-15)19-11(2)3/h9-13H,4-8H2,1-3H3,(H,16,17,18). The molecule has 0 amide bonds. The van der Waals surface area contributed by atoms with Crippen molar-refractivity contribution in [3.8, 4) is 5.88 Å². The van der Waals surface area contributed by atoms with Crippen LogP contribution >= 0.6 is 0 Å². The largest absolute Gasteiger partial charge is 0.475 e. The van der Waals surface area contributed by atoms with Gasteiger partial charge >= 0.3 is 0 Å². The first-order valence-electron chi connectivity index (χ1n) is 7.43. The highest BCUT2D eigenvalue weighted by molar-refractivity contribution is 5.29. The van der Waals surface area contributed by atoms with Crippen LogP contribution < -0.4 is 10.1 Å². The van der Waals surface area contributed by atoms with Crippen molar-refractivity contribution in [3.63, 3.8) is 0 Å². The predicted octanol–water partition coefficient (Wildman–Crippen LogP) is 3.64. The summed E-state index contributed by atoms with van der Waals surface area (Å²) >= 11 is 0. The van der Waals surface area contributed by atoms with Crippen LogP contribution in [-0.2, 0) is 0 Å². The van der Waals surface area contributed by atoms with Gasteiger partial charge in [-0.2, -0.15) is 4.98 Å². The minimum atomic E-state index is 0.141. The lowest BCUT2D eigenvalue weighted by Crippen LogP contribution is -2.26. The summed E-state index contributed by atoms with van der Waals surface area (Å²) in [5.41, 5.74) is 0. The third-order valence-corrected chi connectivity index (χ3v) is 3.74. The Balaban J connectivity index is 1.89. The van der Waals surface area contributed by atoms with E-state index in [1.54, 1.807) is 12.3 Å². The van der Waals surface area contributed by atoms with Crippen molar-refractivity contribution >= 4 is 5.95 Å². The summed E-state index contributed by atoms with van der Waals surface area (Å²) in [6, 6.07) is 2.32. The fourth-order valence-corrected chi connectivity index (χ4v) is 2.62. The number of aromatic nitrogens is 2. The molecule has 0 aliphatic heterocycles. The van der Waals surface area contributed by atoms with Gasteiger partial charge in [0.25, 0.3) is 0 Å². The fraction of sp³-hybridized carbons (Fsp3) is 0.733. The van der Waals surface area contributed by atoms with Gasteiger partial charge in [-0.1, -0.05) is 13.3 Å². The molecule has 1 aromatic heterocycles. The van der Waals surface area contributed by atoms with Crippen LogP contribution in [0.1, 0.15) is 52.9 Å². The molecule has 4 nitrogen and oxygen atoms in total. The third-order valence-electron chi connectivity index (χ3n) is 3.74. The van der Waals surface area contributed by atoms with E-state index >= 15 is 0 Å². The van der Waals surface area contributed by atoms with Gasteiger partial charge in [-0.05, 0) is 45.4 Å². The Kier molecular flexibility index (Phi) is 5.00. The lowest BCUT2D eigenvalue weighted by atomic mass is 9.85. The Hall–Kier alpha value is -1.32. The number of hydrogen-bond donors (Lipinski definition) is 1. The number of nitrogens with zero attached hydrogens (tertiary/aromatic N) is 2. The molecule has 0 saturated heterocycles. The SMILES string of the molecule is CCC1CCC(Nc2nccc(OC(C)C)n2)CC1. The normalized spacial score (nSPS) is 23.4. The summed E-state index contributed by atoms with van der Waals surface area (Å²) in [6.07, 6.45) is 8.27. The molecule has 106 valence electrons. The maximum absolute atomic E-state index is 5.59. The average molecular weight is 263 g/mol. The van der Waals surface area contributed by atoms with E-state index in [0.29, 0.717) is 17.9 Å². The molecule has 19 heavy (non-hydrogen) atoms. The van der Waals surface area contributed by atoms with Crippen LogP contribution in [0.5, 0.6) is 5.88 Å². The van der Waals surface area contributed by atoms with Crippen LogP contribution in [0.25, 0.3) is 0 Å². The maximum atomic E-state index is 5.59. The van der Waals surface area contributed by atoms with Crippen molar-refractivity contribution in [1.29, 1.82) is 0 Å². The van der Waals surface area contributed by atoms with Crippen LogP contribution in [0.2, 0.25) is 0 Å². The van der Waals surface area contributed by atoms with Crippen molar-refractivity contribution in [2.45, 2.75) is 65.0 Å². The molecule has 1 aliphatic rings. The van der Waals surface area contributed by atoms with E-state index in [-0.39, 0.29) is 6.10 Å². The highest BCUT2D eigenvalue weighted by Gasteiger charge is 2.20. The second-order valence-electron chi connectivity index (χ2n) is 5.66. The van der Waals surface area contributed by atoms with Crippen LogP contribution in [-0.4, -0.2) is 22.1 Å². The molecule has 1 aliphatic carbocycles. The van der Waals surface area contributed by atoms with Crippen LogP contribution in [0.15, 0.2) is 12.3 Å². The smallest absolute Gasteiger partial charge is 0.226 e. The molecule has 1 saturated carbocycles. The average Bonchev–Trinajstić information content (AvgIpc) is 2.39. The van der Waals surface area contributed by atoms with Crippen molar-refractivity contribution in [3.05, 3.63) is 12.3 Å². The van der Waals surface area contributed by atoms with Crippen LogP contribution in [0.3, 0.4) is 0 Å². The zero-order valence-electron chi connectivity index (χ0n) is 12.2. The molecule has 4 heteroatoms. The summed E-state index contributed by atoms with van der Waals surface area (Å²) in [4.78, 5) is 8.68. The quantitative estimate of drug-likeness (QED) is 0.881. The first kappa shape index (κ1) is 14.1. The van der Waals surface area contributed by atoms with Gasteiger partial charge in [-0.3, -0.25) is 0 Å². The predicted molar refractivity (Wildman–Crippen MR) is 77.5 cm³/mol. The highest BCUT2D eigenvalue weighted by atomic mass is 16.5. The first-order valence-corrected chi connectivity index (χ1v) is 7.43. The van der Waals surface area contributed by atoms with Gasteiger partial charge < -0.3 is 10.1 Å². The minimum absolute atomic E-state index is 0.141. The molecule has 0 unspecified atom stereocenters. The van der Waals surface area contributed by atoms with Gasteiger partial charge in [0, 0.05) is 18.3 Å². The molecule has 0 atom stereocenters. The monoisotopic (exact) mass is 263 g/mol. The van der Waals surface area contributed by atoms with Gasteiger partial charge in [0.05, 0.1) is 6.10 Å². The summed E-state index contributed by atoms with van der Waals surface area (Å²) in [6.45, 7) is 6.29. The van der Waals surface area contributed by atoms with Gasteiger partial charge in [0.1, 0.15) is 0 Å². The molecule has 0 spiro atoms. The van der Waals surface area contributed by atoms with Gasteiger partial charge in [-0.25, -0.2) is 4.98 Å². The number of ether oxygens (including phenoxy) is 1. The van der Waals surface area contributed by atoms with E-state index in [1.165, 1.54) is 32.1 Å². The van der Waals surface area contributed by atoms with Gasteiger partial charge in [0.2, 0.25) is 11.8 Å². The molecule has 0 bridgehead atoms. The van der Waals surface area contributed by atoms with E-state index in [1.807, 2.05) is 13.8 Å².